The fourth-order valence-electron chi connectivity index (χ4n) is 2.58. The Morgan fingerprint density at radius 2 is 1.59 bits per heavy atom. The van der Waals surface area contributed by atoms with Gasteiger partial charge in [0, 0.05) is 11.4 Å². The maximum absolute atomic E-state index is 12.9. The number of para-hydroxylation sites is 1. The van der Waals surface area contributed by atoms with Gasteiger partial charge in [-0.25, -0.2) is 9.97 Å². The standard InChI is InChI=1S/C19H13F3N4S/c20-19(21,22)12-5-4-8-14(9-12)26-18-17-15(23-11-24-18)10-16(27-17)25-13-6-2-1-3-7-13/h1-11,25H,(H,23,24,26). The van der Waals surface area contributed by atoms with Crippen molar-refractivity contribution in [2.45, 2.75) is 6.18 Å². The van der Waals surface area contributed by atoms with E-state index in [4.69, 9.17) is 0 Å². The molecule has 2 N–H and O–H groups in total. The minimum atomic E-state index is -4.39. The number of fused-ring (bicyclic) bond motifs is 1. The van der Waals surface area contributed by atoms with Crippen LogP contribution in [0.1, 0.15) is 5.56 Å². The van der Waals surface area contributed by atoms with Gasteiger partial charge in [0.05, 0.1) is 20.8 Å². The van der Waals surface area contributed by atoms with E-state index in [9.17, 15) is 13.2 Å². The van der Waals surface area contributed by atoms with Gasteiger partial charge in [0.15, 0.2) is 5.82 Å². The molecule has 0 amide bonds. The highest BCUT2D eigenvalue weighted by atomic mass is 32.1. The maximum Gasteiger partial charge on any atom is 0.416 e. The van der Waals surface area contributed by atoms with E-state index in [1.807, 2.05) is 36.4 Å². The SMILES string of the molecule is FC(F)(F)c1cccc(Nc2ncnc3cc(Nc4ccccc4)sc23)c1. The number of benzene rings is 2. The van der Waals surface area contributed by atoms with E-state index in [2.05, 4.69) is 20.6 Å². The predicted octanol–water partition coefficient (Wildman–Crippen LogP) is 6.20. The van der Waals surface area contributed by atoms with Gasteiger partial charge in [0.2, 0.25) is 0 Å². The third-order valence-electron chi connectivity index (χ3n) is 3.81. The van der Waals surface area contributed by atoms with Crippen molar-refractivity contribution in [3.63, 3.8) is 0 Å². The zero-order valence-electron chi connectivity index (χ0n) is 13.8. The van der Waals surface area contributed by atoms with E-state index in [0.29, 0.717) is 17.0 Å². The second-order valence-electron chi connectivity index (χ2n) is 5.74. The van der Waals surface area contributed by atoms with Crippen LogP contribution in [0.2, 0.25) is 0 Å². The Bertz CT molecular complexity index is 1080. The number of hydrogen-bond acceptors (Lipinski definition) is 5. The van der Waals surface area contributed by atoms with Crippen LogP contribution in [0, 0.1) is 0 Å². The molecule has 2 aromatic carbocycles. The first-order valence-electron chi connectivity index (χ1n) is 8.00. The number of halogens is 3. The molecule has 0 atom stereocenters. The van der Waals surface area contributed by atoms with Crippen LogP contribution in [0.3, 0.4) is 0 Å². The van der Waals surface area contributed by atoms with Gasteiger partial charge in [-0.3, -0.25) is 0 Å². The van der Waals surface area contributed by atoms with E-state index in [-0.39, 0.29) is 0 Å². The van der Waals surface area contributed by atoms with E-state index in [0.717, 1.165) is 27.5 Å². The lowest BCUT2D eigenvalue weighted by molar-refractivity contribution is -0.137. The van der Waals surface area contributed by atoms with Crippen molar-refractivity contribution >= 4 is 43.7 Å². The van der Waals surface area contributed by atoms with Gasteiger partial charge in [-0.2, -0.15) is 13.2 Å². The van der Waals surface area contributed by atoms with Crippen LogP contribution in [0.4, 0.5) is 35.4 Å². The van der Waals surface area contributed by atoms with Crippen LogP contribution >= 0.6 is 11.3 Å². The molecule has 27 heavy (non-hydrogen) atoms. The number of aromatic nitrogens is 2. The third kappa shape index (κ3) is 3.85. The lowest BCUT2D eigenvalue weighted by atomic mass is 10.2. The van der Waals surface area contributed by atoms with Crippen molar-refractivity contribution in [3.8, 4) is 0 Å². The molecule has 4 aromatic rings. The molecule has 0 unspecified atom stereocenters. The highest BCUT2D eigenvalue weighted by Gasteiger charge is 2.30. The van der Waals surface area contributed by atoms with Gasteiger partial charge >= 0.3 is 6.18 Å². The smallest absolute Gasteiger partial charge is 0.347 e. The molecule has 4 rings (SSSR count). The zero-order valence-corrected chi connectivity index (χ0v) is 14.6. The van der Waals surface area contributed by atoms with Crippen LogP contribution in [-0.4, -0.2) is 9.97 Å². The highest BCUT2D eigenvalue weighted by Crippen LogP contribution is 2.36. The molecule has 0 bridgehead atoms. The van der Waals surface area contributed by atoms with Crippen LogP contribution < -0.4 is 10.6 Å². The Hall–Kier alpha value is -3.13. The average Bonchev–Trinajstić information content (AvgIpc) is 3.06. The summed E-state index contributed by atoms with van der Waals surface area (Å²) >= 11 is 1.43. The van der Waals surface area contributed by atoms with Gasteiger partial charge < -0.3 is 10.6 Å². The summed E-state index contributed by atoms with van der Waals surface area (Å²) in [6, 6.07) is 16.6. The van der Waals surface area contributed by atoms with Crippen LogP contribution in [-0.2, 0) is 6.18 Å². The topological polar surface area (TPSA) is 49.8 Å². The number of thiophene rings is 1. The number of anilines is 4. The highest BCUT2D eigenvalue weighted by molar-refractivity contribution is 7.23. The van der Waals surface area contributed by atoms with Crippen molar-refractivity contribution in [2.24, 2.45) is 0 Å². The number of nitrogens with zero attached hydrogens (tertiary/aromatic N) is 2. The summed E-state index contributed by atoms with van der Waals surface area (Å²) < 4.78 is 39.5. The molecule has 0 saturated heterocycles. The number of alkyl halides is 3. The van der Waals surface area contributed by atoms with Crippen molar-refractivity contribution in [3.05, 3.63) is 72.6 Å². The summed E-state index contributed by atoms with van der Waals surface area (Å²) in [5.74, 6) is 0.463. The molecule has 2 heterocycles. The second-order valence-corrected chi connectivity index (χ2v) is 6.79. The molecule has 0 aliphatic heterocycles. The lowest BCUT2D eigenvalue weighted by Gasteiger charge is -2.10. The monoisotopic (exact) mass is 386 g/mol. The molecule has 4 nitrogen and oxygen atoms in total. The molecule has 0 aliphatic carbocycles. The normalized spacial score (nSPS) is 11.5. The summed E-state index contributed by atoms with van der Waals surface area (Å²) in [6.07, 6.45) is -3.01. The van der Waals surface area contributed by atoms with E-state index >= 15 is 0 Å². The quantitative estimate of drug-likeness (QED) is 0.439. The van der Waals surface area contributed by atoms with Crippen LogP contribution in [0.25, 0.3) is 10.2 Å². The molecular weight excluding hydrogens is 373 g/mol. The second kappa shape index (κ2) is 6.88. The van der Waals surface area contributed by atoms with Crippen molar-refractivity contribution < 1.29 is 13.2 Å². The van der Waals surface area contributed by atoms with Gasteiger partial charge in [-0.15, -0.1) is 11.3 Å². The maximum atomic E-state index is 12.9. The summed E-state index contributed by atoms with van der Waals surface area (Å²) in [6.45, 7) is 0. The number of rotatable bonds is 4. The fourth-order valence-corrected chi connectivity index (χ4v) is 3.55. The Labute approximate surface area is 156 Å². The first kappa shape index (κ1) is 17.3. The molecule has 8 heteroatoms. The first-order chi connectivity index (χ1) is 13.0. The molecule has 2 aromatic heterocycles. The Morgan fingerprint density at radius 1 is 0.815 bits per heavy atom. The predicted molar refractivity (Wildman–Crippen MR) is 102 cm³/mol. The average molecular weight is 386 g/mol. The van der Waals surface area contributed by atoms with Crippen molar-refractivity contribution in [2.75, 3.05) is 10.6 Å². The van der Waals surface area contributed by atoms with E-state index < -0.39 is 11.7 Å². The number of hydrogen-bond donors (Lipinski definition) is 2. The largest absolute Gasteiger partial charge is 0.416 e. The minimum Gasteiger partial charge on any atom is -0.347 e. The lowest BCUT2D eigenvalue weighted by Crippen LogP contribution is -2.05. The van der Waals surface area contributed by atoms with E-state index in [1.54, 1.807) is 6.07 Å². The molecule has 0 aliphatic rings. The van der Waals surface area contributed by atoms with Crippen LogP contribution in [0.15, 0.2) is 67.0 Å². The summed E-state index contributed by atoms with van der Waals surface area (Å²) in [5, 5.41) is 7.12. The molecule has 0 spiro atoms. The Balaban J connectivity index is 1.65. The van der Waals surface area contributed by atoms with Gasteiger partial charge in [0.25, 0.3) is 0 Å². The summed E-state index contributed by atoms with van der Waals surface area (Å²) in [5.41, 5.74) is 1.25. The van der Waals surface area contributed by atoms with E-state index in [1.165, 1.54) is 23.7 Å². The first-order valence-corrected chi connectivity index (χ1v) is 8.81. The molecular formula is C19H13F3N4S. The molecule has 0 fully saturated rings. The molecule has 0 radical (unpaired) electrons. The summed E-state index contributed by atoms with van der Waals surface area (Å²) in [4.78, 5) is 8.44. The Morgan fingerprint density at radius 3 is 2.37 bits per heavy atom. The summed E-state index contributed by atoms with van der Waals surface area (Å²) in [7, 11) is 0. The Kier molecular flexibility index (Phi) is 4.41. The molecule has 136 valence electrons. The van der Waals surface area contributed by atoms with Gasteiger partial charge in [0.1, 0.15) is 6.33 Å². The van der Waals surface area contributed by atoms with Crippen LogP contribution in [0.5, 0.6) is 0 Å². The third-order valence-corrected chi connectivity index (χ3v) is 4.85. The van der Waals surface area contributed by atoms with Crippen molar-refractivity contribution in [1.82, 2.24) is 9.97 Å². The van der Waals surface area contributed by atoms with Crippen molar-refractivity contribution in [1.29, 1.82) is 0 Å². The van der Waals surface area contributed by atoms with Gasteiger partial charge in [-0.05, 0) is 36.4 Å². The minimum absolute atomic E-state index is 0.316. The molecule has 0 saturated carbocycles. The number of nitrogens with one attached hydrogen (secondary N) is 2. The van der Waals surface area contributed by atoms with Gasteiger partial charge in [-0.1, -0.05) is 24.3 Å². The zero-order chi connectivity index (χ0) is 18.9. The fraction of sp³-hybridized carbons (Fsp3) is 0.0526.